The molecule has 0 saturated carbocycles. The molecule has 1 aliphatic heterocycles. The Balaban J connectivity index is 1.70. The highest BCUT2D eigenvalue weighted by Crippen LogP contribution is 2.25. The van der Waals surface area contributed by atoms with Crippen LogP contribution in [0.1, 0.15) is 24.1 Å². The zero-order chi connectivity index (χ0) is 14.8. The number of rotatable bonds is 4. The molecule has 1 fully saturated rings. The Kier molecular flexibility index (Phi) is 4.17. The van der Waals surface area contributed by atoms with Gasteiger partial charge in [0.25, 0.3) is 0 Å². The second kappa shape index (κ2) is 6.08. The monoisotopic (exact) mass is 306 g/mol. The molecule has 1 saturated heterocycles. The van der Waals surface area contributed by atoms with Crippen molar-refractivity contribution in [3.63, 3.8) is 0 Å². The summed E-state index contributed by atoms with van der Waals surface area (Å²) >= 11 is 6.05. The lowest BCUT2D eigenvalue weighted by atomic mass is 10.1. The van der Waals surface area contributed by atoms with Gasteiger partial charge in [-0.1, -0.05) is 11.6 Å². The fourth-order valence-electron chi connectivity index (χ4n) is 2.84. The smallest absolute Gasteiger partial charge is 0.224 e. The predicted molar refractivity (Wildman–Crippen MR) is 83.7 cm³/mol. The third-order valence-electron chi connectivity index (χ3n) is 3.97. The van der Waals surface area contributed by atoms with Crippen molar-refractivity contribution in [1.82, 2.24) is 10.3 Å². The Morgan fingerprint density at radius 1 is 1.52 bits per heavy atom. The number of carbonyl (C=O) groups is 1. The molecular formula is C16H19ClN2O2. The Hall–Kier alpha value is -1.52. The van der Waals surface area contributed by atoms with E-state index >= 15 is 0 Å². The first-order valence-electron chi connectivity index (χ1n) is 7.28. The standard InChI is InChI=1S/C16H19ClN2O2/c1-10-13(14-7-11(17)4-5-15(14)19-10)8-16(20)18-9-12-3-2-6-21-12/h4-5,7,12,19H,2-3,6,8-9H2,1H3,(H,18,20). The van der Waals surface area contributed by atoms with E-state index < -0.39 is 0 Å². The van der Waals surface area contributed by atoms with Crippen molar-refractivity contribution in [3.8, 4) is 0 Å². The molecule has 21 heavy (non-hydrogen) atoms. The molecule has 3 rings (SSSR count). The predicted octanol–water partition coefficient (Wildman–Crippen LogP) is 2.97. The van der Waals surface area contributed by atoms with Crippen LogP contribution in [0, 0.1) is 6.92 Å². The first kappa shape index (κ1) is 14.4. The SMILES string of the molecule is Cc1[nH]c2ccc(Cl)cc2c1CC(=O)NCC1CCCO1. The lowest BCUT2D eigenvalue weighted by Gasteiger charge is -2.10. The quantitative estimate of drug-likeness (QED) is 0.912. The van der Waals surface area contributed by atoms with Gasteiger partial charge in [0.2, 0.25) is 5.91 Å². The first-order chi connectivity index (χ1) is 10.1. The lowest BCUT2D eigenvalue weighted by molar-refractivity contribution is -0.120. The van der Waals surface area contributed by atoms with Crippen LogP contribution in [0.3, 0.4) is 0 Å². The van der Waals surface area contributed by atoms with Gasteiger partial charge < -0.3 is 15.0 Å². The summed E-state index contributed by atoms with van der Waals surface area (Å²) in [5.41, 5.74) is 3.04. The average Bonchev–Trinajstić information content (AvgIpc) is 3.06. The third-order valence-corrected chi connectivity index (χ3v) is 4.20. The number of amides is 1. The minimum absolute atomic E-state index is 0.0227. The molecule has 2 heterocycles. The number of fused-ring (bicyclic) bond motifs is 1. The Morgan fingerprint density at radius 3 is 3.14 bits per heavy atom. The van der Waals surface area contributed by atoms with Gasteiger partial charge in [0.15, 0.2) is 0 Å². The first-order valence-corrected chi connectivity index (χ1v) is 7.66. The molecule has 1 amide bonds. The van der Waals surface area contributed by atoms with Crippen LogP contribution in [0.25, 0.3) is 10.9 Å². The van der Waals surface area contributed by atoms with Crippen molar-refractivity contribution in [1.29, 1.82) is 0 Å². The third kappa shape index (κ3) is 3.22. The van der Waals surface area contributed by atoms with Crippen LogP contribution in [0.2, 0.25) is 5.02 Å². The molecular weight excluding hydrogens is 288 g/mol. The molecule has 1 unspecified atom stereocenters. The second-order valence-electron chi connectivity index (χ2n) is 5.53. The van der Waals surface area contributed by atoms with E-state index in [0.29, 0.717) is 18.0 Å². The van der Waals surface area contributed by atoms with E-state index in [9.17, 15) is 4.79 Å². The molecule has 2 N–H and O–H groups in total. The van der Waals surface area contributed by atoms with Gasteiger partial charge in [-0.2, -0.15) is 0 Å². The number of halogens is 1. The molecule has 1 aromatic carbocycles. The van der Waals surface area contributed by atoms with Gasteiger partial charge >= 0.3 is 0 Å². The van der Waals surface area contributed by atoms with Gasteiger partial charge in [-0.15, -0.1) is 0 Å². The summed E-state index contributed by atoms with van der Waals surface area (Å²) < 4.78 is 5.51. The zero-order valence-electron chi connectivity index (χ0n) is 12.0. The van der Waals surface area contributed by atoms with Crippen LogP contribution in [0.4, 0.5) is 0 Å². The van der Waals surface area contributed by atoms with Crippen molar-refractivity contribution in [3.05, 3.63) is 34.5 Å². The topological polar surface area (TPSA) is 54.1 Å². The largest absolute Gasteiger partial charge is 0.376 e. The van der Waals surface area contributed by atoms with E-state index in [0.717, 1.165) is 41.6 Å². The van der Waals surface area contributed by atoms with Crippen LogP contribution >= 0.6 is 11.6 Å². The Morgan fingerprint density at radius 2 is 2.38 bits per heavy atom. The Bertz CT molecular complexity index is 660. The molecule has 0 aliphatic carbocycles. The molecule has 0 bridgehead atoms. The number of aryl methyl sites for hydroxylation is 1. The summed E-state index contributed by atoms with van der Waals surface area (Å²) in [4.78, 5) is 15.4. The number of hydrogen-bond acceptors (Lipinski definition) is 2. The number of carbonyl (C=O) groups excluding carboxylic acids is 1. The molecule has 0 radical (unpaired) electrons. The number of nitrogens with one attached hydrogen (secondary N) is 2. The van der Waals surface area contributed by atoms with Crippen molar-refractivity contribution in [2.75, 3.05) is 13.2 Å². The summed E-state index contributed by atoms with van der Waals surface area (Å²) in [5, 5.41) is 4.66. The fraction of sp³-hybridized carbons (Fsp3) is 0.438. The van der Waals surface area contributed by atoms with Crippen LogP contribution in [-0.4, -0.2) is 30.1 Å². The molecule has 112 valence electrons. The summed E-state index contributed by atoms with van der Waals surface area (Å²) in [6.45, 7) is 3.39. The highest BCUT2D eigenvalue weighted by molar-refractivity contribution is 6.31. The van der Waals surface area contributed by atoms with Crippen molar-refractivity contribution in [2.45, 2.75) is 32.3 Å². The number of aromatic nitrogens is 1. The van der Waals surface area contributed by atoms with E-state index in [-0.39, 0.29) is 12.0 Å². The van der Waals surface area contributed by atoms with Crippen LogP contribution in [0.5, 0.6) is 0 Å². The number of benzene rings is 1. The maximum absolute atomic E-state index is 12.1. The van der Waals surface area contributed by atoms with Crippen molar-refractivity contribution in [2.24, 2.45) is 0 Å². The van der Waals surface area contributed by atoms with Crippen molar-refractivity contribution >= 4 is 28.4 Å². The fourth-order valence-corrected chi connectivity index (χ4v) is 3.01. The van der Waals surface area contributed by atoms with Gasteiger partial charge in [-0.05, 0) is 43.5 Å². The average molecular weight is 307 g/mol. The minimum atomic E-state index is 0.0227. The second-order valence-corrected chi connectivity index (χ2v) is 5.97. The van der Waals surface area contributed by atoms with E-state index in [4.69, 9.17) is 16.3 Å². The summed E-state index contributed by atoms with van der Waals surface area (Å²) in [6.07, 6.45) is 2.65. The maximum Gasteiger partial charge on any atom is 0.224 e. The van der Waals surface area contributed by atoms with Crippen LogP contribution in [-0.2, 0) is 16.0 Å². The van der Waals surface area contributed by atoms with E-state index in [2.05, 4.69) is 10.3 Å². The van der Waals surface area contributed by atoms with E-state index in [1.54, 1.807) is 0 Å². The lowest BCUT2D eigenvalue weighted by Crippen LogP contribution is -2.32. The summed E-state index contributed by atoms with van der Waals surface area (Å²) in [6, 6.07) is 5.70. The molecule has 0 spiro atoms. The van der Waals surface area contributed by atoms with Crippen LogP contribution in [0.15, 0.2) is 18.2 Å². The maximum atomic E-state index is 12.1. The van der Waals surface area contributed by atoms with Gasteiger partial charge in [-0.3, -0.25) is 4.79 Å². The summed E-state index contributed by atoms with van der Waals surface area (Å²) in [7, 11) is 0. The van der Waals surface area contributed by atoms with Gasteiger partial charge in [0, 0.05) is 34.8 Å². The number of hydrogen-bond donors (Lipinski definition) is 2. The van der Waals surface area contributed by atoms with E-state index in [1.165, 1.54) is 0 Å². The van der Waals surface area contributed by atoms with Crippen molar-refractivity contribution < 1.29 is 9.53 Å². The number of H-pyrrole nitrogens is 1. The Labute approximate surface area is 128 Å². The minimum Gasteiger partial charge on any atom is -0.376 e. The molecule has 1 aliphatic rings. The highest BCUT2D eigenvalue weighted by Gasteiger charge is 2.17. The molecule has 1 aromatic heterocycles. The van der Waals surface area contributed by atoms with Gasteiger partial charge in [-0.25, -0.2) is 0 Å². The van der Waals surface area contributed by atoms with Gasteiger partial charge in [0.1, 0.15) is 0 Å². The highest BCUT2D eigenvalue weighted by atomic mass is 35.5. The number of ether oxygens (including phenoxy) is 1. The molecule has 4 nitrogen and oxygen atoms in total. The summed E-state index contributed by atoms with van der Waals surface area (Å²) in [5.74, 6) is 0.0227. The normalized spacial score (nSPS) is 18.3. The molecule has 1 atom stereocenters. The van der Waals surface area contributed by atoms with Gasteiger partial charge in [0.05, 0.1) is 12.5 Å². The van der Waals surface area contributed by atoms with E-state index in [1.807, 2.05) is 25.1 Å². The number of aromatic amines is 1. The molecule has 5 heteroatoms. The zero-order valence-corrected chi connectivity index (χ0v) is 12.8. The molecule has 2 aromatic rings. The van der Waals surface area contributed by atoms with Crippen LogP contribution < -0.4 is 5.32 Å².